The van der Waals surface area contributed by atoms with Crippen LogP contribution in [0.1, 0.15) is 43.7 Å². The van der Waals surface area contributed by atoms with Crippen molar-refractivity contribution in [2.45, 2.75) is 62.4 Å². The summed E-state index contributed by atoms with van der Waals surface area (Å²) in [5.74, 6) is 0.0609. The Balaban J connectivity index is 1.40. The third kappa shape index (κ3) is 5.29. The summed E-state index contributed by atoms with van der Waals surface area (Å²) in [7, 11) is -3.53. The maximum absolute atomic E-state index is 13.1. The Morgan fingerprint density at radius 1 is 1.12 bits per heavy atom. The van der Waals surface area contributed by atoms with Gasteiger partial charge in [0, 0.05) is 23.7 Å². The van der Waals surface area contributed by atoms with Crippen LogP contribution in [0.5, 0.6) is 0 Å². The third-order valence-electron chi connectivity index (χ3n) is 6.32. The summed E-state index contributed by atoms with van der Waals surface area (Å²) in [6.45, 7) is 6.63. The van der Waals surface area contributed by atoms with Gasteiger partial charge in [-0.25, -0.2) is 13.4 Å². The summed E-state index contributed by atoms with van der Waals surface area (Å²) in [6, 6.07) is 14.7. The number of thioether (sulfide) groups is 1. The van der Waals surface area contributed by atoms with Crippen LogP contribution in [0, 0.1) is 13.8 Å². The van der Waals surface area contributed by atoms with Crippen LogP contribution >= 0.6 is 11.8 Å². The molecule has 1 saturated heterocycles. The predicted octanol–water partition coefficient (Wildman–Crippen LogP) is 5.54. The van der Waals surface area contributed by atoms with E-state index in [0.717, 1.165) is 52.7 Å². The number of pyridine rings is 1. The van der Waals surface area contributed by atoms with Gasteiger partial charge in [-0.2, -0.15) is 4.31 Å². The molecule has 180 valence electrons. The van der Waals surface area contributed by atoms with Gasteiger partial charge in [-0.15, -0.1) is 0 Å². The maximum Gasteiger partial charge on any atom is 0.243 e. The molecular formula is C26H31N3O3S2. The summed E-state index contributed by atoms with van der Waals surface area (Å²) < 4.78 is 27.9. The van der Waals surface area contributed by atoms with E-state index in [9.17, 15) is 13.2 Å². The number of benzene rings is 2. The van der Waals surface area contributed by atoms with Crippen LogP contribution in [-0.2, 0) is 14.8 Å². The van der Waals surface area contributed by atoms with Crippen molar-refractivity contribution in [3.8, 4) is 0 Å². The molecule has 1 N–H and O–H groups in total. The Hall–Kier alpha value is -2.42. The zero-order valence-electron chi connectivity index (χ0n) is 19.9. The van der Waals surface area contributed by atoms with Crippen molar-refractivity contribution in [1.82, 2.24) is 9.29 Å². The van der Waals surface area contributed by atoms with E-state index in [1.165, 1.54) is 11.8 Å². The van der Waals surface area contributed by atoms with Crippen molar-refractivity contribution in [2.75, 3.05) is 17.6 Å². The summed E-state index contributed by atoms with van der Waals surface area (Å²) in [6.07, 6.45) is 3.69. The number of rotatable bonds is 7. The van der Waals surface area contributed by atoms with E-state index in [1.54, 1.807) is 28.6 Å². The minimum Gasteiger partial charge on any atom is -0.325 e. The molecule has 0 aliphatic carbocycles. The molecule has 0 spiro atoms. The van der Waals surface area contributed by atoms with Gasteiger partial charge in [-0.3, -0.25) is 4.79 Å². The van der Waals surface area contributed by atoms with Crippen molar-refractivity contribution in [2.24, 2.45) is 0 Å². The number of sulfonamides is 1. The van der Waals surface area contributed by atoms with E-state index in [-0.39, 0.29) is 22.6 Å². The molecule has 0 saturated carbocycles. The Morgan fingerprint density at radius 2 is 1.88 bits per heavy atom. The van der Waals surface area contributed by atoms with Crippen molar-refractivity contribution in [3.63, 3.8) is 0 Å². The smallest absolute Gasteiger partial charge is 0.243 e. The molecule has 1 aliphatic heterocycles. The maximum atomic E-state index is 13.1. The lowest BCUT2D eigenvalue weighted by Gasteiger charge is -2.34. The van der Waals surface area contributed by atoms with Crippen molar-refractivity contribution in [1.29, 1.82) is 0 Å². The number of carbonyl (C=O) groups excluding carboxylic acids is 1. The monoisotopic (exact) mass is 497 g/mol. The van der Waals surface area contributed by atoms with Crippen LogP contribution < -0.4 is 5.32 Å². The van der Waals surface area contributed by atoms with E-state index >= 15 is 0 Å². The highest BCUT2D eigenvalue weighted by atomic mass is 32.2. The number of nitrogens with zero attached hydrogens (tertiary/aromatic N) is 2. The zero-order valence-corrected chi connectivity index (χ0v) is 21.5. The number of fused-ring (bicyclic) bond motifs is 1. The Kier molecular flexibility index (Phi) is 7.60. The molecule has 34 heavy (non-hydrogen) atoms. The number of nitrogens with one attached hydrogen (secondary N) is 1. The minimum atomic E-state index is -3.53. The van der Waals surface area contributed by atoms with Gasteiger partial charge in [0.15, 0.2) is 0 Å². The number of anilines is 1. The number of aromatic nitrogens is 1. The van der Waals surface area contributed by atoms with Gasteiger partial charge >= 0.3 is 0 Å². The highest BCUT2D eigenvalue weighted by Gasteiger charge is 2.32. The van der Waals surface area contributed by atoms with Crippen LogP contribution in [-0.4, -0.2) is 42.0 Å². The molecule has 1 aliphatic rings. The number of para-hydroxylation sites is 1. The second kappa shape index (κ2) is 10.5. The summed E-state index contributed by atoms with van der Waals surface area (Å²) in [5.41, 5.74) is 3.67. The van der Waals surface area contributed by atoms with Gasteiger partial charge < -0.3 is 5.32 Å². The average Bonchev–Trinajstić information content (AvgIpc) is 2.83. The van der Waals surface area contributed by atoms with Crippen LogP contribution in [0.15, 0.2) is 58.5 Å². The van der Waals surface area contributed by atoms with Gasteiger partial charge in [0.1, 0.15) is 5.03 Å². The van der Waals surface area contributed by atoms with Gasteiger partial charge in [0.2, 0.25) is 15.9 Å². The number of piperidine rings is 1. The lowest BCUT2D eigenvalue weighted by molar-refractivity contribution is -0.113. The Labute approximate surface area is 206 Å². The number of carbonyl (C=O) groups is 1. The molecule has 6 nitrogen and oxygen atoms in total. The lowest BCUT2D eigenvalue weighted by Crippen LogP contribution is -2.43. The van der Waals surface area contributed by atoms with Gasteiger partial charge in [0.05, 0.1) is 16.2 Å². The molecule has 0 bridgehead atoms. The van der Waals surface area contributed by atoms with E-state index in [0.29, 0.717) is 12.2 Å². The predicted molar refractivity (Wildman–Crippen MR) is 139 cm³/mol. The van der Waals surface area contributed by atoms with E-state index in [4.69, 9.17) is 4.98 Å². The van der Waals surface area contributed by atoms with E-state index in [1.807, 2.05) is 39.0 Å². The number of amides is 1. The largest absolute Gasteiger partial charge is 0.325 e. The van der Waals surface area contributed by atoms with Crippen molar-refractivity contribution >= 4 is 44.3 Å². The molecule has 0 radical (unpaired) electrons. The fraction of sp³-hybridized carbons (Fsp3) is 0.385. The van der Waals surface area contributed by atoms with Crippen molar-refractivity contribution in [3.05, 3.63) is 59.7 Å². The molecule has 4 rings (SSSR count). The second-order valence-corrected chi connectivity index (χ2v) is 11.6. The summed E-state index contributed by atoms with van der Waals surface area (Å²) in [4.78, 5) is 17.6. The molecule has 8 heteroatoms. The molecule has 2 aromatic carbocycles. The number of aryl methyl sites for hydroxylation is 2. The SMILES string of the molecule is CCC1CCCCN1S(=O)(=O)c1ccc(NC(=O)CSc2nc3c(C)cccc3cc2C)cc1. The quantitative estimate of drug-likeness (QED) is 0.434. The molecule has 2 heterocycles. The molecule has 1 unspecified atom stereocenters. The van der Waals surface area contributed by atoms with Crippen LogP contribution in [0.4, 0.5) is 5.69 Å². The van der Waals surface area contributed by atoms with E-state index < -0.39 is 10.0 Å². The third-order valence-corrected chi connectivity index (χ3v) is 9.38. The minimum absolute atomic E-state index is 0.0612. The lowest BCUT2D eigenvalue weighted by atomic mass is 10.0. The zero-order chi connectivity index (χ0) is 24.3. The van der Waals surface area contributed by atoms with Crippen LogP contribution in [0.25, 0.3) is 10.9 Å². The molecular weight excluding hydrogens is 466 g/mol. The molecule has 1 aromatic heterocycles. The first-order valence-corrected chi connectivity index (χ1v) is 14.1. The molecule has 1 fully saturated rings. The van der Waals surface area contributed by atoms with Crippen molar-refractivity contribution < 1.29 is 13.2 Å². The fourth-order valence-electron chi connectivity index (χ4n) is 4.46. The first-order valence-electron chi connectivity index (χ1n) is 11.7. The van der Waals surface area contributed by atoms with Crippen LogP contribution in [0.3, 0.4) is 0 Å². The topological polar surface area (TPSA) is 79.4 Å². The average molecular weight is 498 g/mol. The normalized spacial score (nSPS) is 17.1. The fourth-order valence-corrected chi connectivity index (χ4v) is 7.01. The summed E-state index contributed by atoms with van der Waals surface area (Å²) in [5, 5.41) is 4.79. The molecule has 1 amide bonds. The first-order chi connectivity index (χ1) is 16.3. The second-order valence-electron chi connectivity index (χ2n) is 8.79. The highest BCUT2D eigenvalue weighted by molar-refractivity contribution is 8.00. The van der Waals surface area contributed by atoms with E-state index in [2.05, 4.69) is 11.4 Å². The number of hydrogen-bond acceptors (Lipinski definition) is 5. The Morgan fingerprint density at radius 3 is 2.62 bits per heavy atom. The standard InChI is InChI=1S/C26H31N3O3S2/c1-4-22-10-5-6-15-29(22)34(31,32)23-13-11-21(12-14-23)27-24(30)17-33-26-19(3)16-20-9-7-8-18(2)25(20)28-26/h7-9,11-14,16,22H,4-6,10,15,17H2,1-3H3,(H,27,30). The summed E-state index contributed by atoms with van der Waals surface area (Å²) >= 11 is 1.40. The Bertz CT molecular complexity index is 1290. The van der Waals surface area contributed by atoms with Crippen LogP contribution in [0.2, 0.25) is 0 Å². The highest BCUT2D eigenvalue weighted by Crippen LogP contribution is 2.28. The first kappa shape index (κ1) is 24.7. The number of hydrogen-bond donors (Lipinski definition) is 1. The van der Waals surface area contributed by atoms with Gasteiger partial charge in [0.25, 0.3) is 0 Å². The molecule has 1 atom stereocenters. The molecule has 3 aromatic rings. The van der Waals surface area contributed by atoms with Gasteiger partial charge in [-0.05, 0) is 74.6 Å². The van der Waals surface area contributed by atoms with Gasteiger partial charge in [-0.1, -0.05) is 43.3 Å².